The Kier molecular flexibility index (Phi) is 4.99. The summed E-state index contributed by atoms with van der Waals surface area (Å²) in [6, 6.07) is 1.90. The smallest absolute Gasteiger partial charge is 0.253 e. The lowest BCUT2D eigenvalue weighted by Gasteiger charge is -2.32. The van der Waals surface area contributed by atoms with Crippen molar-refractivity contribution in [3.63, 3.8) is 0 Å². The van der Waals surface area contributed by atoms with Crippen LogP contribution in [0.1, 0.15) is 25.3 Å². The topological polar surface area (TPSA) is 60.1 Å². The van der Waals surface area contributed by atoms with E-state index in [-0.39, 0.29) is 11.5 Å². The monoisotopic (exact) mass is 362 g/mol. The number of amides is 1. The Morgan fingerprint density at radius 1 is 1.44 bits per heavy atom. The van der Waals surface area contributed by atoms with Crippen LogP contribution in [0.5, 0.6) is 0 Å². The molecule has 0 saturated carbocycles. The number of aromatic nitrogens is 3. The van der Waals surface area contributed by atoms with Crippen LogP contribution < -0.4 is 5.56 Å². The largest absolute Gasteiger partial charge is 0.343 e. The highest BCUT2D eigenvalue weighted by atomic mass is 35.5. The van der Waals surface area contributed by atoms with Crippen LogP contribution in [0.25, 0.3) is 11.4 Å². The van der Waals surface area contributed by atoms with Crippen LogP contribution in [-0.4, -0.2) is 38.0 Å². The Morgan fingerprint density at radius 2 is 2.20 bits per heavy atom. The van der Waals surface area contributed by atoms with Gasteiger partial charge < -0.3 is 14.0 Å². The van der Waals surface area contributed by atoms with Crippen molar-refractivity contribution in [2.24, 2.45) is 13.0 Å². The second-order valence-electron chi connectivity index (χ2n) is 6.78. The van der Waals surface area contributed by atoms with Crippen LogP contribution in [0.3, 0.4) is 0 Å². The highest BCUT2D eigenvalue weighted by Crippen LogP contribution is 2.26. The number of hydrogen-bond acceptors (Lipinski definition) is 3. The van der Waals surface area contributed by atoms with Crippen molar-refractivity contribution in [3.05, 3.63) is 39.5 Å². The molecule has 0 bridgehead atoms. The van der Waals surface area contributed by atoms with E-state index in [1.54, 1.807) is 30.9 Å². The van der Waals surface area contributed by atoms with E-state index in [0.29, 0.717) is 22.5 Å². The van der Waals surface area contributed by atoms with Crippen LogP contribution in [0.2, 0.25) is 5.15 Å². The van der Waals surface area contributed by atoms with E-state index < -0.39 is 0 Å². The van der Waals surface area contributed by atoms with E-state index in [1.165, 1.54) is 0 Å². The van der Waals surface area contributed by atoms with Gasteiger partial charge in [-0.15, -0.1) is 0 Å². The molecule has 25 heavy (non-hydrogen) atoms. The van der Waals surface area contributed by atoms with Crippen molar-refractivity contribution >= 4 is 17.5 Å². The highest BCUT2D eigenvalue weighted by molar-refractivity contribution is 6.29. The van der Waals surface area contributed by atoms with Crippen LogP contribution in [-0.2, 0) is 18.4 Å². The molecule has 3 heterocycles. The third-order valence-electron chi connectivity index (χ3n) is 4.92. The maximum absolute atomic E-state index is 12.2. The normalized spacial score (nSPS) is 17.8. The van der Waals surface area contributed by atoms with Gasteiger partial charge in [0.25, 0.3) is 5.56 Å². The fourth-order valence-electron chi connectivity index (χ4n) is 3.52. The summed E-state index contributed by atoms with van der Waals surface area (Å²) in [4.78, 5) is 30.2. The molecule has 1 aliphatic heterocycles. The van der Waals surface area contributed by atoms with Gasteiger partial charge in [-0.25, -0.2) is 4.98 Å². The molecule has 2 aromatic heterocycles. The molecule has 0 radical (unpaired) electrons. The third-order valence-corrected chi connectivity index (χ3v) is 5.10. The number of pyridine rings is 1. The van der Waals surface area contributed by atoms with E-state index >= 15 is 0 Å². The van der Waals surface area contributed by atoms with Crippen LogP contribution in [0.15, 0.2) is 23.3 Å². The van der Waals surface area contributed by atoms with Gasteiger partial charge >= 0.3 is 0 Å². The minimum Gasteiger partial charge on any atom is -0.343 e. The van der Waals surface area contributed by atoms with Gasteiger partial charge in [0, 0.05) is 57.1 Å². The molecular weight excluding hydrogens is 340 g/mol. The van der Waals surface area contributed by atoms with Gasteiger partial charge in [0.1, 0.15) is 11.0 Å². The van der Waals surface area contributed by atoms with Crippen LogP contribution in [0, 0.1) is 12.8 Å². The van der Waals surface area contributed by atoms with Crippen molar-refractivity contribution < 1.29 is 4.79 Å². The maximum atomic E-state index is 12.2. The first-order chi connectivity index (χ1) is 11.9. The summed E-state index contributed by atoms with van der Waals surface area (Å²) in [5.41, 5.74) is 1.42. The van der Waals surface area contributed by atoms with Gasteiger partial charge in [-0.3, -0.25) is 9.59 Å². The van der Waals surface area contributed by atoms with Crippen molar-refractivity contribution in [2.75, 3.05) is 13.1 Å². The van der Waals surface area contributed by atoms with Gasteiger partial charge in [0.15, 0.2) is 0 Å². The lowest BCUT2D eigenvalue weighted by atomic mass is 9.97. The molecule has 134 valence electrons. The average Bonchev–Trinajstić information content (AvgIpc) is 2.93. The zero-order valence-corrected chi connectivity index (χ0v) is 15.6. The summed E-state index contributed by atoms with van der Waals surface area (Å²) in [5.74, 6) is 1.18. The Labute approximate surface area is 152 Å². The predicted octanol–water partition coefficient (Wildman–Crippen LogP) is 2.47. The number of imidazole rings is 1. The summed E-state index contributed by atoms with van der Waals surface area (Å²) in [6.07, 6.45) is 5.62. The molecule has 7 heteroatoms. The summed E-state index contributed by atoms with van der Waals surface area (Å²) in [6.45, 7) is 5.73. The summed E-state index contributed by atoms with van der Waals surface area (Å²) in [7, 11) is 1.73. The molecule has 0 spiro atoms. The van der Waals surface area contributed by atoms with Crippen molar-refractivity contribution in [3.8, 4) is 11.4 Å². The van der Waals surface area contributed by atoms with E-state index in [4.69, 9.17) is 11.6 Å². The van der Waals surface area contributed by atoms with Crippen molar-refractivity contribution in [1.29, 1.82) is 0 Å². The lowest BCUT2D eigenvalue weighted by Crippen LogP contribution is -2.39. The zero-order valence-electron chi connectivity index (χ0n) is 14.8. The molecule has 0 aliphatic carbocycles. The molecule has 1 saturated heterocycles. The van der Waals surface area contributed by atoms with Crippen molar-refractivity contribution in [1.82, 2.24) is 19.0 Å². The third kappa shape index (κ3) is 3.63. The lowest BCUT2D eigenvalue weighted by molar-refractivity contribution is -0.130. The number of halogens is 1. The Balaban J connectivity index is 1.91. The van der Waals surface area contributed by atoms with Gasteiger partial charge in [-0.05, 0) is 31.7 Å². The van der Waals surface area contributed by atoms with Crippen LogP contribution in [0.4, 0.5) is 0 Å². The average molecular weight is 363 g/mol. The highest BCUT2D eigenvalue weighted by Gasteiger charge is 2.23. The quantitative estimate of drug-likeness (QED) is 0.842. The number of rotatable bonds is 3. The number of nitrogens with zero attached hydrogens (tertiary/aromatic N) is 4. The fraction of sp³-hybridized carbons (Fsp3) is 0.500. The Morgan fingerprint density at radius 3 is 2.92 bits per heavy atom. The molecule has 1 aliphatic rings. The fourth-order valence-corrected chi connectivity index (χ4v) is 3.72. The number of carbonyl (C=O) groups excluding carboxylic acids is 1. The molecular formula is C18H23ClN4O2. The SMILES string of the molecule is CC(=O)N1CCCC(Cn2cc(Cl)nc2-c2ccn(C)c(=O)c2C)C1. The van der Waals surface area contributed by atoms with Gasteiger partial charge in [0.2, 0.25) is 5.91 Å². The zero-order chi connectivity index (χ0) is 18.1. The van der Waals surface area contributed by atoms with Gasteiger partial charge in [0.05, 0.1) is 0 Å². The summed E-state index contributed by atoms with van der Waals surface area (Å²) < 4.78 is 3.57. The first-order valence-corrected chi connectivity index (χ1v) is 8.89. The molecule has 0 aromatic carbocycles. The molecule has 1 amide bonds. The molecule has 0 N–H and O–H groups in total. The Bertz CT molecular complexity index is 855. The van der Waals surface area contributed by atoms with Gasteiger partial charge in [-0.1, -0.05) is 11.6 Å². The number of piperidine rings is 1. The second-order valence-corrected chi connectivity index (χ2v) is 7.17. The first-order valence-electron chi connectivity index (χ1n) is 8.51. The second kappa shape index (κ2) is 7.04. The summed E-state index contributed by atoms with van der Waals surface area (Å²) in [5, 5.41) is 0.411. The standard InChI is InChI=1S/C18H23ClN4O2/c1-12-15(6-8-21(3)18(12)25)17-20-16(19)11-23(17)10-14-5-4-7-22(9-14)13(2)24/h6,8,11,14H,4-5,7,9-10H2,1-3H3. The molecule has 3 rings (SSSR count). The van der Waals surface area contributed by atoms with E-state index in [9.17, 15) is 9.59 Å². The number of carbonyl (C=O) groups is 1. The maximum Gasteiger partial charge on any atom is 0.253 e. The molecule has 1 atom stereocenters. The molecule has 1 unspecified atom stereocenters. The molecule has 6 nitrogen and oxygen atoms in total. The van der Waals surface area contributed by atoms with E-state index in [0.717, 1.165) is 38.0 Å². The Hall–Kier alpha value is -2.08. The summed E-state index contributed by atoms with van der Waals surface area (Å²) >= 11 is 6.16. The van der Waals surface area contributed by atoms with Crippen molar-refractivity contribution in [2.45, 2.75) is 33.2 Å². The number of aryl methyl sites for hydroxylation is 1. The molecule has 1 fully saturated rings. The van der Waals surface area contributed by atoms with Gasteiger partial charge in [-0.2, -0.15) is 0 Å². The number of hydrogen-bond donors (Lipinski definition) is 0. The van der Waals surface area contributed by atoms with E-state index in [2.05, 4.69) is 4.98 Å². The van der Waals surface area contributed by atoms with Crippen LogP contribution >= 0.6 is 11.6 Å². The predicted molar refractivity (Wildman–Crippen MR) is 97.6 cm³/mol. The van der Waals surface area contributed by atoms with E-state index in [1.807, 2.05) is 22.5 Å². The first kappa shape index (κ1) is 17.7. The molecule has 2 aromatic rings. The number of likely N-dealkylation sites (tertiary alicyclic amines) is 1. The minimum atomic E-state index is -0.0383. The minimum absolute atomic E-state index is 0.0383.